The van der Waals surface area contributed by atoms with Crippen LogP contribution in [0.3, 0.4) is 0 Å². The van der Waals surface area contributed by atoms with E-state index in [1.54, 1.807) is 37.6 Å². The van der Waals surface area contributed by atoms with Crippen LogP contribution >= 0.6 is 0 Å². The van der Waals surface area contributed by atoms with Crippen LogP contribution in [0.4, 0.5) is 4.39 Å². The number of likely N-dealkylation sites (tertiary alicyclic amines) is 1. The second-order valence-electron chi connectivity index (χ2n) is 11.2. The van der Waals surface area contributed by atoms with E-state index < -0.39 is 0 Å². The lowest BCUT2D eigenvalue weighted by molar-refractivity contribution is -0.153. The molecule has 8 heteroatoms. The lowest BCUT2D eigenvalue weighted by Crippen LogP contribution is -2.52. The second kappa shape index (κ2) is 11.1. The van der Waals surface area contributed by atoms with E-state index in [1.165, 1.54) is 0 Å². The van der Waals surface area contributed by atoms with Crippen molar-refractivity contribution in [3.05, 3.63) is 59.0 Å². The number of amides is 1. The van der Waals surface area contributed by atoms with E-state index in [1.807, 2.05) is 24.0 Å². The standard InChI is InChI=1S/C32H35FN2O5/c1-21-4-3-5-22-6-7-27(31(33)23(22)16-21)40-26-8-12-34-25-18-29(28(37-2)17-24(25)26)39-15-9-30(36)35-13-10-32(11-14-35)19-38-20-32/h6-8,12,16-18H,3-5,9-11,13-15,19-20H2,1-2H3. The van der Waals surface area contributed by atoms with Gasteiger partial charge in [0, 0.05) is 41.7 Å². The number of benzene rings is 2. The Morgan fingerprint density at radius 3 is 2.65 bits per heavy atom. The number of carbonyl (C=O) groups excluding carboxylic acids is 1. The Morgan fingerprint density at radius 1 is 1.07 bits per heavy atom. The topological polar surface area (TPSA) is 70.1 Å². The van der Waals surface area contributed by atoms with Gasteiger partial charge in [-0.05, 0) is 62.8 Å². The van der Waals surface area contributed by atoms with E-state index in [2.05, 4.69) is 4.98 Å². The summed E-state index contributed by atoms with van der Waals surface area (Å²) < 4.78 is 38.6. The Hall–Kier alpha value is -3.65. The van der Waals surface area contributed by atoms with Crippen molar-refractivity contribution in [2.75, 3.05) is 40.0 Å². The Bertz CT molecular complexity index is 1460. The number of carbonyl (C=O) groups is 1. The number of aryl methyl sites for hydroxylation is 1. The molecule has 2 fully saturated rings. The fourth-order valence-electron chi connectivity index (χ4n) is 5.87. The van der Waals surface area contributed by atoms with Crippen molar-refractivity contribution < 1.29 is 28.1 Å². The van der Waals surface area contributed by atoms with Crippen molar-refractivity contribution in [1.82, 2.24) is 9.88 Å². The van der Waals surface area contributed by atoms with Gasteiger partial charge < -0.3 is 23.8 Å². The lowest BCUT2D eigenvalue weighted by Gasteiger charge is -2.47. The molecule has 40 heavy (non-hydrogen) atoms. The zero-order chi connectivity index (χ0) is 27.7. The van der Waals surface area contributed by atoms with Gasteiger partial charge in [-0.2, -0.15) is 0 Å². The number of fused-ring (bicyclic) bond motifs is 2. The van der Waals surface area contributed by atoms with Crippen LogP contribution in [0.5, 0.6) is 23.0 Å². The molecular weight excluding hydrogens is 511 g/mol. The summed E-state index contributed by atoms with van der Waals surface area (Å²) in [5, 5.41) is 0.672. The van der Waals surface area contributed by atoms with Gasteiger partial charge in [0.2, 0.25) is 5.91 Å². The molecule has 0 saturated carbocycles. The average molecular weight is 547 g/mol. The minimum absolute atomic E-state index is 0.0940. The zero-order valence-electron chi connectivity index (χ0n) is 23.1. The van der Waals surface area contributed by atoms with E-state index in [9.17, 15) is 4.79 Å². The summed E-state index contributed by atoms with van der Waals surface area (Å²) in [5.41, 5.74) is 3.68. The van der Waals surface area contributed by atoms with Gasteiger partial charge in [0.05, 0.1) is 38.9 Å². The van der Waals surface area contributed by atoms with E-state index in [-0.39, 0.29) is 30.5 Å². The van der Waals surface area contributed by atoms with E-state index in [4.69, 9.17) is 18.9 Å². The van der Waals surface area contributed by atoms with Crippen LogP contribution in [0.2, 0.25) is 0 Å². The molecule has 1 aliphatic carbocycles. The first-order chi connectivity index (χ1) is 19.4. The van der Waals surface area contributed by atoms with Crippen molar-refractivity contribution >= 4 is 22.9 Å². The molecular formula is C32H35FN2O5. The summed E-state index contributed by atoms with van der Waals surface area (Å²) >= 11 is 0. The molecule has 2 aromatic carbocycles. The largest absolute Gasteiger partial charge is 0.493 e. The maximum Gasteiger partial charge on any atom is 0.225 e. The normalized spacial score (nSPS) is 18.0. The maximum atomic E-state index is 15.5. The number of rotatable bonds is 7. The number of aromatic nitrogens is 1. The first-order valence-corrected chi connectivity index (χ1v) is 14.1. The summed E-state index contributed by atoms with van der Waals surface area (Å²) in [5.74, 6) is 1.36. The summed E-state index contributed by atoms with van der Waals surface area (Å²) in [6.07, 6.45) is 8.66. The number of methoxy groups -OCH3 is 1. The molecule has 0 N–H and O–H groups in total. The van der Waals surface area contributed by atoms with Gasteiger partial charge in [0.1, 0.15) is 5.75 Å². The SMILES string of the molecule is COc1cc2c(Oc3ccc4c(c3F)C=C(C)CCC4)ccnc2cc1OCCC(=O)N1CCC2(CC1)COC2. The molecule has 3 heterocycles. The third-order valence-electron chi connectivity index (χ3n) is 8.42. The summed E-state index contributed by atoms with van der Waals surface area (Å²) in [4.78, 5) is 19.2. The molecule has 6 rings (SSSR count). The zero-order valence-corrected chi connectivity index (χ0v) is 23.1. The molecule has 0 bridgehead atoms. The van der Waals surface area contributed by atoms with Crippen molar-refractivity contribution in [2.24, 2.45) is 5.41 Å². The highest BCUT2D eigenvalue weighted by atomic mass is 19.1. The Labute approximate surface area is 233 Å². The molecule has 7 nitrogen and oxygen atoms in total. The van der Waals surface area contributed by atoms with Gasteiger partial charge in [-0.3, -0.25) is 9.78 Å². The number of hydrogen-bond acceptors (Lipinski definition) is 6. The van der Waals surface area contributed by atoms with Crippen molar-refractivity contribution in [2.45, 2.75) is 45.4 Å². The van der Waals surface area contributed by atoms with Gasteiger partial charge in [0.25, 0.3) is 0 Å². The molecule has 0 radical (unpaired) electrons. The average Bonchev–Trinajstić information content (AvgIpc) is 3.14. The molecule has 3 aromatic rings. The maximum absolute atomic E-state index is 15.5. The summed E-state index contributed by atoms with van der Waals surface area (Å²) in [6, 6.07) is 8.91. The number of piperidine rings is 1. The first-order valence-electron chi connectivity index (χ1n) is 14.1. The smallest absolute Gasteiger partial charge is 0.225 e. The molecule has 1 aromatic heterocycles. The molecule has 2 aliphatic heterocycles. The van der Waals surface area contributed by atoms with Crippen LogP contribution in [-0.4, -0.2) is 55.8 Å². The van der Waals surface area contributed by atoms with Gasteiger partial charge in [0.15, 0.2) is 23.1 Å². The van der Waals surface area contributed by atoms with Crippen LogP contribution < -0.4 is 14.2 Å². The number of ether oxygens (including phenoxy) is 4. The summed E-state index contributed by atoms with van der Waals surface area (Å²) in [6.45, 7) is 5.45. The van der Waals surface area contributed by atoms with Crippen LogP contribution in [-0.2, 0) is 16.0 Å². The fourth-order valence-corrected chi connectivity index (χ4v) is 5.87. The van der Waals surface area contributed by atoms with Crippen LogP contribution in [0, 0.1) is 11.2 Å². The molecule has 0 atom stereocenters. The summed E-state index contributed by atoms with van der Waals surface area (Å²) in [7, 11) is 1.56. The highest BCUT2D eigenvalue weighted by Gasteiger charge is 2.41. The van der Waals surface area contributed by atoms with E-state index >= 15 is 4.39 Å². The molecule has 1 spiro atoms. The number of nitrogens with zero attached hydrogens (tertiary/aromatic N) is 2. The highest BCUT2D eigenvalue weighted by molar-refractivity contribution is 5.88. The monoisotopic (exact) mass is 546 g/mol. The first kappa shape index (κ1) is 26.6. The van der Waals surface area contributed by atoms with E-state index in [0.717, 1.165) is 69.5 Å². The van der Waals surface area contributed by atoms with E-state index in [0.29, 0.717) is 39.1 Å². The molecule has 2 saturated heterocycles. The minimum Gasteiger partial charge on any atom is -0.493 e. The van der Waals surface area contributed by atoms with Crippen LogP contribution in [0.15, 0.2) is 42.1 Å². The molecule has 210 valence electrons. The minimum atomic E-state index is -0.356. The fraction of sp³-hybridized carbons (Fsp3) is 0.438. The predicted octanol–water partition coefficient (Wildman–Crippen LogP) is 6.32. The Kier molecular flexibility index (Phi) is 7.36. The predicted molar refractivity (Wildman–Crippen MR) is 151 cm³/mol. The second-order valence-corrected chi connectivity index (χ2v) is 11.2. The number of hydrogen-bond donors (Lipinski definition) is 0. The quantitative estimate of drug-likeness (QED) is 0.345. The number of allylic oxidation sites excluding steroid dienone is 1. The van der Waals surface area contributed by atoms with Crippen molar-refractivity contribution in [3.63, 3.8) is 0 Å². The van der Waals surface area contributed by atoms with Gasteiger partial charge >= 0.3 is 0 Å². The third-order valence-corrected chi connectivity index (χ3v) is 8.42. The lowest BCUT2D eigenvalue weighted by atomic mass is 9.77. The number of halogens is 1. The molecule has 0 unspecified atom stereocenters. The van der Waals surface area contributed by atoms with Crippen LogP contribution in [0.25, 0.3) is 17.0 Å². The third kappa shape index (κ3) is 5.24. The van der Waals surface area contributed by atoms with Crippen LogP contribution in [0.1, 0.15) is 50.2 Å². The van der Waals surface area contributed by atoms with Gasteiger partial charge in [-0.1, -0.05) is 17.7 Å². The van der Waals surface area contributed by atoms with Crippen molar-refractivity contribution in [3.8, 4) is 23.0 Å². The Balaban J connectivity index is 1.16. The van der Waals surface area contributed by atoms with Crippen molar-refractivity contribution in [1.29, 1.82) is 0 Å². The van der Waals surface area contributed by atoms with Gasteiger partial charge in [-0.25, -0.2) is 4.39 Å². The molecule has 1 amide bonds. The molecule has 3 aliphatic rings. The van der Waals surface area contributed by atoms with Gasteiger partial charge in [-0.15, -0.1) is 0 Å². The Morgan fingerprint density at radius 2 is 1.90 bits per heavy atom. The highest BCUT2D eigenvalue weighted by Crippen LogP contribution is 2.40. The number of pyridine rings is 1.